The predicted octanol–water partition coefficient (Wildman–Crippen LogP) is 5.94. The summed E-state index contributed by atoms with van der Waals surface area (Å²) in [5.41, 5.74) is 2.23. The van der Waals surface area contributed by atoms with Crippen LogP contribution in [0.5, 0.6) is 5.75 Å². The molecule has 33 heavy (non-hydrogen) atoms. The van der Waals surface area contributed by atoms with Crippen LogP contribution in [0.25, 0.3) is 11.0 Å². The minimum Gasteiger partial charge on any atom is -0.435 e. The van der Waals surface area contributed by atoms with Gasteiger partial charge in [0.15, 0.2) is 5.82 Å². The molecule has 9 heteroatoms. The first kappa shape index (κ1) is 21.3. The summed E-state index contributed by atoms with van der Waals surface area (Å²) in [6, 6.07) is 15.2. The van der Waals surface area contributed by atoms with E-state index in [1.807, 2.05) is 6.07 Å². The van der Waals surface area contributed by atoms with Crippen molar-refractivity contribution in [1.29, 1.82) is 0 Å². The summed E-state index contributed by atoms with van der Waals surface area (Å²) >= 11 is 6.49. The number of aromatic amines is 1. The molecule has 1 aliphatic rings. The van der Waals surface area contributed by atoms with Gasteiger partial charge < -0.3 is 15.0 Å². The zero-order chi connectivity index (χ0) is 23.0. The number of fused-ring (bicyclic) bond motifs is 1. The molecule has 0 saturated heterocycles. The number of anilines is 1. The zero-order valence-electron chi connectivity index (χ0n) is 17.3. The number of H-pyrrole nitrogens is 1. The van der Waals surface area contributed by atoms with Crippen molar-refractivity contribution in [3.63, 3.8) is 0 Å². The molecule has 0 bridgehead atoms. The first-order valence-electron chi connectivity index (χ1n) is 10.4. The molecule has 6 nitrogen and oxygen atoms in total. The van der Waals surface area contributed by atoms with Gasteiger partial charge in [-0.1, -0.05) is 36.2 Å². The second-order valence-electron chi connectivity index (χ2n) is 7.95. The normalized spacial score (nSPS) is 14.8. The fourth-order valence-corrected chi connectivity index (χ4v) is 4.36. The number of carbonyl (C=O) groups is 1. The van der Waals surface area contributed by atoms with Gasteiger partial charge in [0.2, 0.25) is 0 Å². The van der Waals surface area contributed by atoms with Crippen molar-refractivity contribution >= 4 is 34.4 Å². The highest BCUT2D eigenvalue weighted by Crippen LogP contribution is 2.49. The Bertz CT molecular complexity index is 1320. The number of hydrogen-bond acceptors (Lipinski definition) is 4. The van der Waals surface area contributed by atoms with Gasteiger partial charge in [0, 0.05) is 17.8 Å². The van der Waals surface area contributed by atoms with Crippen LogP contribution in [-0.4, -0.2) is 27.5 Å². The van der Waals surface area contributed by atoms with Gasteiger partial charge in [-0.3, -0.25) is 4.79 Å². The fraction of sp³-hybridized carbons (Fsp3) is 0.208. The van der Waals surface area contributed by atoms with E-state index in [2.05, 4.69) is 20.0 Å². The number of nitrogens with zero attached hydrogens (tertiary/aromatic N) is 2. The third-order valence-corrected chi connectivity index (χ3v) is 6.29. The molecule has 0 aliphatic heterocycles. The van der Waals surface area contributed by atoms with Crippen molar-refractivity contribution in [1.82, 2.24) is 15.0 Å². The van der Waals surface area contributed by atoms with Crippen LogP contribution in [0.3, 0.4) is 0 Å². The number of hydrogen-bond donors (Lipinski definition) is 2. The van der Waals surface area contributed by atoms with E-state index in [0.717, 1.165) is 30.7 Å². The van der Waals surface area contributed by atoms with Gasteiger partial charge in [-0.15, -0.1) is 0 Å². The molecule has 0 atom stereocenters. The number of halogens is 3. The van der Waals surface area contributed by atoms with Gasteiger partial charge in [-0.2, -0.15) is 8.78 Å². The number of benzene rings is 2. The highest BCUT2D eigenvalue weighted by Gasteiger charge is 2.43. The van der Waals surface area contributed by atoms with E-state index < -0.39 is 12.0 Å². The Labute approximate surface area is 193 Å². The van der Waals surface area contributed by atoms with Crippen LogP contribution in [0.1, 0.15) is 41.0 Å². The lowest BCUT2D eigenvalue weighted by Crippen LogP contribution is -2.36. The van der Waals surface area contributed by atoms with Gasteiger partial charge in [0.25, 0.3) is 5.91 Å². The van der Waals surface area contributed by atoms with Crippen LogP contribution >= 0.6 is 11.6 Å². The zero-order valence-corrected chi connectivity index (χ0v) is 18.1. The number of carbonyl (C=O) groups excluding carboxylic acids is 1. The van der Waals surface area contributed by atoms with Gasteiger partial charge in [0.05, 0.1) is 21.5 Å². The summed E-state index contributed by atoms with van der Waals surface area (Å²) in [6.07, 6.45) is 4.37. The van der Waals surface area contributed by atoms with E-state index in [-0.39, 0.29) is 17.5 Å². The summed E-state index contributed by atoms with van der Waals surface area (Å²) in [4.78, 5) is 24.8. The van der Waals surface area contributed by atoms with Crippen molar-refractivity contribution in [2.75, 3.05) is 5.32 Å². The Hall–Kier alpha value is -3.52. The molecule has 0 unspecified atom stereocenters. The average Bonchev–Trinajstić information content (AvgIpc) is 3.18. The SMILES string of the molecule is O=C(Nc1ncc(C2(c3nc4ccc(OC(F)F)cc4[nH]3)CCC2)cc1Cl)c1ccccc1. The van der Waals surface area contributed by atoms with Crippen molar-refractivity contribution in [3.8, 4) is 5.75 Å². The molecule has 1 fully saturated rings. The van der Waals surface area contributed by atoms with E-state index in [9.17, 15) is 13.6 Å². The number of nitrogens with one attached hydrogen (secondary N) is 2. The lowest BCUT2D eigenvalue weighted by Gasteiger charge is -2.40. The molecule has 0 spiro atoms. The van der Waals surface area contributed by atoms with Crippen LogP contribution in [0.15, 0.2) is 60.8 Å². The largest absolute Gasteiger partial charge is 0.435 e. The quantitative estimate of drug-likeness (QED) is 0.367. The maximum atomic E-state index is 12.6. The molecule has 2 aromatic heterocycles. The third-order valence-electron chi connectivity index (χ3n) is 6.00. The maximum Gasteiger partial charge on any atom is 0.387 e. The molecular weight excluding hydrogens is 450 g/mol. The fourth-order valence-electron chi connectivity index (χ4n) is 4.14. The van der Waals surface area contributed by atoms with Crippen molar-refractivity contribution < 1.29 is 18.3 Å². The standard InChI is InChI=1S/C24H19ClF2N4O2/c25-17-11-15(13-28-20(17)31-21(32)14-5-2-1-3-6-14)24(9-4-10-24)22-29-18-8-7-16(33-23(26)27)12-19(18)30-22/h1-3,5-8,11-13,23H,4,9-10H2,(H,29,30)(H,28,31,32). The number of amides is 1. The molecule has 2 aromatic carbocycles. The van der Waals surface area contributed by atoms with Crippen LogP contribution in [0.2, 0.25) is 5.02 Å². The Morgan fingerprint density at radius 2 is 1.94 bits per heavy atom. The lowest BCUT2D eigenvalue weighted by molar-refractivity contribution is -0.0497. The molecular formula is C24H19ClF2N4O2. The number of aromatic nitrogens is 3. The van der Waals surface area contributed by atoms with Gasteiger partial charge in [-0.25, -0.2) is 9.97 Å². The molecule has 4 aromatic rings. The van der Waals surface area contributed by atoms with Crippen LogP contribution in [0, 0.1) is 0 Å². The molecule has 2 N–H and O–H groups in total. The van der Waals surface area contributed by atoms with E-state index in [0.29, 0.717) is 21.6 Å². The smallest absolute Gasteiger partial charge is 0.387 e. The van der Waals surface area contributed by atoms with E-state index in [1.54, 1.807) is 42.6 Å². The van der Waals surface area contributed by atoms with E-state index in [1.165, 1.54) is 12.1 Å². The Kier molecular flexibility index (Phi) is 5.46. The number of alkyl halides is 2. The summed E-state index contributed by atoms with van der Waals surface area (Å²) < 4.78 is 29.6. The predicted molar refractivity (Wildman–Crippen MR) is 121 cm³/mol. The second kappa shape index (κ2) is 8.44. The first-order chi connectivity index (χ1) is 15.9. The number of imidazole rings is 1. The van der Waals surface area contributed by atoms with Crippen molar-refractivity contribution in [2.45, 2.75) is 31.3 Å². The molecule has 1 aliphatic carbocycles. The van der Waals surface area contributed by atoms with Gasteiger partial charge in [-0.05, 0) is 48.7 Å². The number of ether oxygens (including phenoxy) is 1. The summed E-state index contributed by atoms with van der Waals surface area (Å²) in [7, 11) is 0. The minimum atomic E-state index is -2.89. The Morgan fingerprint density at radius 1 is 1.15 bits per heavy atom. The van der Waals surface area contributed by atoms with Crippen LogP contribution in [0.4, 0.5) is 14.6 Å². The molecule has 0 radical (unpaired) electrons. The van der Waals surface area contributed by atoms with Crippen LogP contribution < -0.4 is 10.1 Å². The minimum absolute atomic E-state index is 0.0681. The highest BCUT2D eigenvalue weighted by atomic mass is 35.5. The number of rotatable bonds is 6. The molecule has 1 amide bonds. The van der Waals surface area contributed by atoms with E-state index >= 15 is 0 Å². The lowest BCUT2D eigenvalue weighted by atomic mass is 9.64. The average molecular weight is 469 g/mol. The monoisotopic (exact) mass is 468 g/mol. The molecule has 168 valence electrons. The van der Waals surface area contributed by atoms with Gasteiger partial charge in [0.1, 0.15) is 11.6 Å². The second-order valence-corrected chi connectivity index (χ2v) is 8.36. The highest BCUT2D eigenvalue weighted by molar-refractivity contribution is 6.33. The summed E-state index contributed by atoms with van der Waals surface area (Å²) in [5, 5.41) is 3.07. The van der Waals surface area contributed by atoms with Gasteiger partial charge >= 0.3 is 6.61 Å². The summed E-state index contributed by atoms with van der Waals surface area (Å²) in [5.74, 6) is 0.771. The van der Waals surface area contributed by atoms with Crippen LogP contribution in [-0.2, 0) is 5.41 Å². The first-order valence-corrected chi connectivity index (χ1v) is 10.8. The summed E-state index contributed by atoms with van der Waals surface area (Å²) in [6.45, 7) is -2.89. The molecule has 2 heterocycles. The van der Waals surface area contributed by atoms with Crippen molar-refractivity contribution in [3.05, 3.63) is 82.8 Å². The molecule has 5 rings (SSSR count). The Morgan fingerprint density at radius 3 is 2.61 bits per heavy atom. The molecule has 1 saturated carbocycles. The Balaban J connectivity index is 1.44. The van der Waals surface area contributed by atoms with E-state index in [4.69, 9.17) is 16.6 Å². The number of pyridine rings is 1. The third kappa shape index (κ3) is 4.02. The maximum absolute atomic E-state index is 12.6. The van der Waals surface area contributed by atoms with Crippen molar-refractivity contribution in [2.24, 2.45) is 0 Å². The topological polar surface area (TPSA) is 79.9 Å².